The number of rotatable bonds is 6. The lowest BCUT2D eigenvalue weighted by atomic mass is 9.76. The topological polar surface area (TPSA) is 66.4 Å². The summed E-state index contributed by atoms with van der Waals surface area (Å²) in [6.07, 6.45) is 6.62. The van der Waals surface area contributed by atoms with Crippen molar-refractivity contribution in [2.24, 2.45) is 11.3 Å². The highest BCUT2D eigenvalue weighted by Crippen LogP contribution is 2.32. The molecule has 3 atom stereocenters. The molecule has 0 bridgehead atoms. The maximum absolute atomic E-state index is 12.2. The Hall–Kier alpha value is -0.710. The van der Waals surface area contributed by atoms with Gasteiger partial charge < -0.3 is 10.4 Å². The maximum atomic E-state index is 12.2. The Bertz CT molecular complexity index is 359. The SMILES string of the molecule is CSC1CCCCC1NC(=O)CC(C)(C(=O)O)C(C)C. The first-order valence-corrected chi connectivity index (χ1v) is 8.65. The van der Waals surface area contributed by atoms with Crippen LogP contribution in [0.3, 0.4) is 0 Å². The van der Waals surface area contributed by atoms with Crippen LogP contribution in [0.25, 0.3) is 0 Å². The zero-order valence-corrected chi connectivity index (χ0v) is 13.8. The largest absolute Gasteiger partial charge is 0.481 e. The number of nitrogens with one attached hydrogen (secondary N) is 1. The minimum atomic E-state index is -0.992. The average Bonchev–Trinajstić information content (AvgIpc) is 2.38. The van der Waals surface area contributed by atoms with Crippen molar-refractivity contribution in [3.05, 3.63) is 0 Å². The summed E-state index contributed by atoms with van der Waals surface area (Å²) in [5, 5.41) is 12.9. The summed E-state index contributed by atoms with van der Waals surface area (Å²) in [4.78, 5) is 23.6. The Morgan fingerprint density at radius 3 is 2.45 bits per heavy atom. The third-order valence-corrected chi connectivity index (χ3v) is 5.81. The first-order valence-electron chi connectivity index (χ1n) is 7.36. The van der Waals surface area contributed by atoms with Gasteiger partial charge in [-0.05, 0) is 31.9 Å². The molecule has 0 radical (unpaired) electrons. The van der Waals surface area contributed by atoms with Crippen molar-refractivity contribution in [2.45, 2.75) is 64.2 Å². The van der Waals surface area contributed by atoms with Crippen LogP contribution in [0.15, 0.2) is 0 Å². The molecule has 1 aliphatic carbocycles. The molecular formula is C15H27NO3S. The standard InChI is InChI=1S/C15H27NO3S/c1-10(2)15(3,14(18)19)9-13(17)16-11-7-5-6-8-12(11)20-4/h10-12H,5-9H2,1-4H3,(H,16,17)(H,18,19). The fraction of sp³-hybridized carbons (Fsp3) is 0.867. The number of carboxylic acid groups (broad SMARTS) is 1. The van der Waals surface area contributed by atoms with Crippen molar-refractivity contribution >= 4 is 23.6 Å². The molecule has 4 nitrogen and oxygen atoms in total. The van der Waals surface area contributed by atoms with E-state index in [2.05, 4.69) is 11.6 Å². The molecule has 20 heavy (non-hydrogen) atoms. The average molecular weight is 301 g/mol. The van der Waals surface area contributed by atoms with Gasteiger partial charge in [-0.25, -0.2) is 0 Å². The molecule has 1 amide bonds. The number of hydrogen-bond acceptors (Lipinski definition) is 3. The van der Waals surface area contributed by atoms with Crippen molar-refractivity contribution in [3.63, 3.8) is 0 Å². The van der Waals surface area contributed by atoms with Gasteiger partial charge in [-0.15, -0.1) is 0 Å². The van der Waals surface area contributed by atoms with Gasteiger partial charge in [-0.1, -0.05) is 26.7 Å². The minimum absolute atomic E-state index is 0.0532. The van der Waals surface area contributed by atoms with Crippen LogP contribution in [-0.2, 0) is 9.59 Å². The fourth-order valence-corrected chi connectivity index (χ4v) is 3.60. The summed E-state index contributed by atoms with van der Waals surface area (Å²) in [5.41, 5.74) is -0.992. The molecule has 0 heterocycles. The third-order valence-electron chi connectivity index (χ3n) is 4.64. The molecule has 116 valence electrons. The highest BCUT2D eigenvalue weighted by molar-refractivity contribution is 7.99. The second kappa shape index (κ2) is 7.34. The van der Waals surface area contributed by atoms with Gasteiger partial charge in [0.25, 0.3) is 0 Å². The van der Waals surface area contributed by atoms with Crippen molar-refractivity contribution in [3.8, 4) is 0 Å². The molecule has 1 fully saturated rings. The predicted molar refractivity (Wildman–Crippen MR) is 82.9 cm³/mol. The summed E-state index contributed by atoms with van der Waals surface area (Å²) >= 11 is 1.80. The lowest BCUT2D eigenvalue weighted by Crippen LogP contribution is -2.46. The van der Waals surface area contributed by atoms with E-state index in [4.69, 9.17) is 0 Å². The first-order chi connectivity index (χ1) is 9.31. The minimum Gasteiger partial charge on any atom is -0.481 e. The van der Waals surface area contributed by atoms with Gasteiger partial charge in [0, 0.05) is 17.7 Å². The summed E-state index contributed by atoms with van der Waals surface area (Å²) < 4.78 is 0. The monoisotopic (exact) mass is 301 g/mol. The van der Waals surface area contributed by atoms with Crippen LogP contribution in [0.2, 0.25) is 0 Å². The lowest BCUT2D eigenvalue weighted by Gasteiger charge is -2.33. The van der Waals surface area contributed by atoms with E-state index in [1.807, 2.05) is 13.8 Å². The molecule has 5 heteroatoms. The van der Waals surface area contributed by atoms with E-state index in [1.54, 1.807) is 18.7 Å². The van der Waals surface area contributed by atoms with Gasteiger partial charge in [0.1, 0.15) is 0 Å². The molecule has 0 aromatic carbocycles. The van der Waals surface area contributed by atoms with Gasteiger partial charge in [0.2, 0.25) is 5.91 Å². The van der Waals surface area contributed by atoms with Gasteiger partial charge in [-0.2, -0.15) is 11.8 Å². The summed E-state index contributed by atoms with van der Waals surface area (Å²) in [7, 11) is 0. The molecule has 0 saturated heterocycles. The Morgan fingerprint density at radius 1 is 1.35 bits per heavy atom. The van der Waals surface area contributed by atoms with Crippen LogP contribution in [-0.4, -0.2) is 34.5 Å². The van der Waals surface area contributed by atoms with E-state index in [0.717, 1.165) is 19.3 Å². The normalized spacial score (nSPS) is 26.1. The quantitative estimate of drug-likeness (QED) is 0.791. The first kappa shape index (κ1) is 17.3. The van der Waals surface area contributed by atoms with Gasteiger partial charge in [0.05, 0.1) is 5.41 Å². The maximum Gasteiger partial charge on any atom is 0.310 e. The molecule has 0 aromatic rings. The molecule has 2 N–H and O–H groups in total. The predicted octanol–water partition coefficient (Wildman–Crippen LogP) is 2.91. The Labute approximate surface area is 126 Å². The number of carbonyl (C=O) groups excluding carboxylic acids is 1. The van der Waals surface area contributed by atoms with E-state index in [1.165, 1.54) is 6.42 Å². The van der Waals surface area contributed by atoms with Crippen LogP contribution >= 0.6 is 11.8 Å². The van der Waals surface area contributed by atoms with E-state index < -0.39 is 11.4 Å². The molecule has 1 aliphatic rings. The highest BCUT2D eigenvalue weighted by Gasteiger charge is 2.39. The smallest absolute Gasteiger partial charge is 0.310 e. The van der Waals surface area contributed by atoms with E-state index in [0.29, 0.717) is 5.25 Å². The van der Waals surface area contributed by atoms with Crippen LogP contribution in [0.1, 0.15) is 52.9 Å². The van der Waals surface area contributed by atoms with Crippen molar-refractivity contribution < 1.29 is 14.7 Å². The molecule has 3 unspecified atom stereocenters. The van der Waals surface area contributed by atoms with E-state index in [9.17, 15) is 14.7 Å². The van der Waals surface area contributed by atoms with Crippen LogP contribution < -0.4 is 5.32 Å². The van der Waals surface area contributed by atoms with Crippen LogP contribution in [0, 0.1) is 11.3 Å². The zero-order chi connectivity index (χ0) is 15.3. The highest BCUT2D eigenvalue weighted by atomic mass is 32.2. The molecular weight excluding hydrogens is 274 g/mol. The summed E-state index contributed by atoms with van der Waals surface area (Å²) in [5.74, 6) is -1.10. The summed E-state index contributed by atoms with van der Waals surface area (Å²) in [6.45, 7) is 5.37. The fourth-order valence-electron chi connectivity index (χ4n) is 2.66. The second-order valence-corrected chi connectivity index (χ2v) is 7.36. The third kappa shape index (κ3) is 4.14. The zero-order valence-electron chi connectivity index (χ0n) is 12.9. The van der Waals surface area contributed by atoms with E-state index in [-0.39, 0.29) is 24.3 Å². The van der Waals surface area contributed by atoms with Gasteiger partial charge >= 0.3 is 5.97 Å². The molecule has 1 saturated carbocycles. The van der Waals surface area contributed by atoms with Crippen LogP contribution in [0.4, 0.5) is 0 Å². The molecule has 0 aromatic heterocycles. The Balaban J connectivity index is 2.64. The Kier molecular flexibility index (Phi) is 6.37. The number of carboxylic acids is 1. The van der Waals surface area contributed by atoms with Crippen molar-refractivity contribution in [1.82, 2.24) is 5.32 Å². The number of carbonyl (C=O) groups is 2. The lowest BCUT2D eigenvalue weighted by molar-refractivity contribution is -0.153. The summed E-state index contributed by atoms with van der Waals surface area (Å²) in [6, 6.07) is 0.191. The molecule has 0 aliphatic heterocycles. The van der Waals surface area contributed by atoms with Crippen LogP contribution in [0.5, 0.6) is 0 Å². The second-order valence-electron chi connectivity index (χ2n) is 6.29. The molecule has 1 rings (SSSR count). The number of amides is 1. The van der Waals surface area contributed by atoms with Crippen molar-refractivity contribution in [1.29, 1.82) is 0 Å². The Morgan fingerprint density at radius 2 is 1.95 bits per heavy atom. The van der Waals surface area contributed by atoms with Gasteiger partial charge in [-0.3, -0.25) is 9.59 Å². The molecule has 0 spiro atoms. The number of thioether (sulfide) groups is 1. The van der Waals surface area contributed by atoms with Gasteiger partial charge in [0.15, 0.2) is 0 Å². The number of aliphatic carboxylic acids is 1. The number of hydrogen-bond donors (Lipinski definition) is 2. The van der Waals surface area contributed by atoms with Crippen molar-refractivity contribution in [2.75, 3.05) is 6.26 Å². The van der Waals surface area contributed by atoms with E-state index >= 15 is 0 Å².